The molecule has 1 rings (SSSR count). The van der Waals surface area contributed by atoms with Crippen LogP contribution in [0.4, 0.5) is 0 Å². The standard InChI is InChI=1S/C15H22O3/c1-3-5-12-17-14(9-4-2)18-15(16)13-10-7-6-8-11-13/h6-8,10-11,14H,3-5,9,12H2,1-2H3. The lowest BCUT2D eigenvalue weighted by Crippen LogP contribution is -2.22. The van der Waals surface area contributed by atoms with Gasteiger partial charge in [-0.15, -0.1) is 0 Å². The third-order valence-corrected chi connectivity index (χ3v) is 2.57. The zero-order chi connectivity index (χ0) is 13.2. The van der Waals surface area contributed by atoms with Crippen LogP contribution in [-0.4, -0.2) is 18.9 Å². The van der Waals surface area contributed by atoms with Crippen molar-refractivity contribution < 1.29 is 14.3 Å². The number of hydrogen-bond donors (Lipinski definition) is 0. The minimum absolute atomic E-state index is 0.314. The van der Waals surface area contributed by atoms with Crippen LogP contribution in [-0.2, 0) is 9.47 Å². The first kappa shape index (κ1) is 14.7. The average Bonchev–Trinajstić information content (AvgIpc) is 2.40. The van der Waals surface area contributed by atoms with Gasteiger partial charge in [0, 0.05) is 6.42 Å². The van der Waals surface area contributed by atoms with Crippen molar-refractivity contribution in [2.45, 2.75) is 45.8 Å². The van der Waals surface area contributed by atoms with E-state index in [4.69, 9.17) is 9.47 Å². The summed E-state index contributed by atoms with van der Waals surface area (Å²) in [7, 11) is 0. The summed E-state index contributed by atoms with van der Waals surface area (Å²) in [6.07, 6.45) is 3.31. The Morgan fingerprint density at radius 1 is 1.17 bits per heavy atom. The molecule has 0 N–H and O–H groups in total. The normalized spacial score (nSPS) is 12.1. The quantitative estimate of drug-likeness (QED) is 0.400. The molecule has 0 radical (unpaired) electrons. The first-order chi connectivity index (χ1) is 8.77. The Bertz CT molecular complexity index is 335. The first-order valence-electron chi connectivity index (χ1n) is 6.65. The third kappa shape index (κ3) is 5.32. The van der Waals surface area contributed by atoms with Gasteiger partial charge in [0.15, 0.2) is 0 Å². The molecule has 100 valence electrons. The summed E-state index contributed by atoms with van der Waals surface area (Å²) in [5.74, 6) is -0.314. The summed E-state index contributed by atoms with van der Waals surface area (Å²) in [6, 6.07) is 9.01. The maximum Gasteiger partial charge on any atom is 0.340 e. The van der Waals surface area contributed by atoms with Gasteiger partial charge in [0.2, 0.25) is 6.29 Å². The number of unbranched alkanes of at least 4 members (excludes halogenated alkanes) is 1. The molecule has 0 saturated heterocycles. The summed E-state index contributed by atoms with van der Waals surface area (Å²) in [5.41, 5.74) is 0.567. The van der Waals surface area contributed by atoms with E-state index < -0.39 is 6.29 Å². The molecule has 0 fully saturated rings. The fourth-order valence-corrected chi connectivity index (χ4v) is 1.53. The number of esters is 1. The smallest absolute Gasteiger partial charge is 0.340 e. The van der Waals surface area contributed by atoms with Crippen LogP contribution >= 0.6 is 0 Å². The maximum absolute atomic E-state index is 11.9. The molecule has 0 bridgehead atoms. The molecular formula is C15H22O3. The minimum atomic E-state index is -0.422. The fraction of sp³-hybridized carbons (Fsp3) is 0.533. The van der Waals surface area contributed by atoms with Gasteiger partial charge in [-0.3, -0.25) is 0 Å². The SMILES string of the molecule is CCCCOC(CCC)OC(=O)c1ccccc1. The minimum Gasteiger partial charge on any atom is -0.432 e. The van der Waals surface area contributed by atoms with Crippen molar-refractivity contribution in [3.8, 4) is 0 Å². The number of ether oxygens (including phenoxy) is 2. The van der Waals surface area contributed by atoms with E-state index in [1.807, 2.05) is 25.1 Å². The molecule has 0 aliphatic rings. The lowest BCUT2D eigenvalue weighted by molar-refractivity contribution is -0.114. The largest absolute Gasteiger partial charge is 0.432 e. The number of rotatable bonds is 8. The molecule has 3 nitrogen and oxygen atoms in total. The lowest BCUT2D eigenvalue weighted by atomic mass is 10.2. The molecule has 1 unspecified atom stereocenters. The number of carbonyl (C=O) groups is 1. The van der Waals surface area contributed by atoms with Crippen molar-refractivity contribution in [3.63, 3.8) is 0 Å². The van der Waals surface area contributed by atoms with E-state index in [2.05, 4.69) is 6.92 Å². The molecule has 3 heteroatoms. The van der Waals surface area contributed by atoms with Gasteiger partial charge in [0.05, 0.1) is 12.2 Å². The van der Waals surface area contributed by atoms with Gasteiger partial charge < -0.3 is 9.47 Å². The zero-order valence-corrected chi connectivity index (χ0v) is 11.2. The number of benzene rings is 1. The van der Waals surface area contributed by atoms with Crippen molar-refractivity contribution in [2.24, 2.45) is 0 Å². The van der Waals surface area contributed by atoms with Crippen LogP contribution in [0.25, 0.3) is 0 Å². The van der Waals surface area contributed by atoms with Crippen LogP contribution in [0, 0.1) is 0 Å². The molecule has 1 atom stereocenters. The van der Waals surface area contributed by atoms with Crippen molar-refractivity contribution in [1.82, 2.24) is 0 Å². The highest BCUT2D eigenvalue weighted by molar-refractivity contribution is 5.89. The summed E-state index contributed by atoms with van der Waals surface area (Å²) in [5, 5.41) is 0. The van der Waals surface area contributed by atoms with E-state index in [1.54, 1.807) is 12.1 Å². The van der Waals surface area contributed by atoms with Crippen LogP contribution in [0.5, 0.6) is 0 Å². The molecule has 0 aliphatic carbocycles. The molecule has 0 heterocycles. The van der Waals surface area contributed by atoms with Gasteiger partial charge >= 0.3 is 5.97 Å². The topological polar surface area (TPSA) is 35.5 Å². The summed E-state index contributed by atoms with van der Waals surface area (Å²) in [4.78, 5) is 11.9. The summed E-state index contributed by atoms with van der Waals surface area (Å²) < 4.78 is 10.9. The Morgan fingerprint density at radius 3 is 2.50 bits per heavy atom. The van der Waals surface area contributed by atoms with Crippen LogP contribution in [0.1, 0.15) is 49.9 Å². The van der Waals surface area contributed by atoms with Crippen molar-refractivity contribution in [1.29, 1.82) is 0 Å². The predicted octanol–water partition coefficient (Wildman–Crippen LogP) is 3.79. The molecule has 0 aliphatic heterocycles. The van der Waals surface area contributed by atoms with Crippen LogP contribution < -0.4 is 0 Å². The molecule has 0 spiro atoms. The third-order valence-electron chi connectivity index (χ3n) is 2.57. The van der Waals surface area contributed by atoms with E-state index >= 15 is 0 Å². The lowest BCUT2D eigenvalue weighted by Gasteiger charge is -2.17. The molecule has 0 amide bonds. The first-order valence-corrected chi connectivity index (χ1v) is 6.65. The Kier molecular flexibility index (Phi) is 7.11. The van der Waals surface area contributed by atoms with E-state index in [1.165, 1.54) is 0 Å². The average molecular weight is 250 g/mol. The summed E-state index contributed by atoms with van der Waals surface area (Å²) in [6.45, 7) is 4.80. The highest BCUT2D eigenvalue weighted by Gasteiger charge is 2.15. The van der Waals surface area contributed by atoms with Crippen LogP contribution in [0.3, 0.4) is 0 Å². The molecule has 1 aromatic rings. The molecule has 0 saturated carbocycles. The second kappa shape index (κ2) is 8.70. The van der Waals surface area contributed by atoms with Gasteiger partial charge in [0.25, 0.3) is 0 Å². The predicted molar refractivity (Wildman–Crippen MR) is 71.4 cm³/mol. The second-order valence-corrected chi connectivity index (χ2v) is 4.21. The van der Waals surface area contributed by atoms with Crippen molar-refractivity contribution in [2.75, 3.05) is 6.61 Å². The van der Waals surface area contributed by atoms with Gasteiger partial charge in [-0.25, -0.2) is 4.79 Å². The maximum atomic E-state index is 11.9. The van der Waals surface area contributed by atoms with Gasteiger partial charge in [0.1, 0.15) is 0 Å². The zero-order valence-electron chi connectivity index (χ0n) is 11.2. The van der Waals surface area contributed by atoms with E-state index in [0.29, 0.717) is 12.2 Å². The van der Waals surface area contributed by atoms with E-state index in [0.717, 1.165) is 25.7 Å². The highest BCUT2D eigenvalue weighted by Crippen LogP contribution is 2.10. The van der Waals surface area contributed by atoms with Crippen LogP contribution in [0.15, 0.2) is 30.3 Å². The Morgan fingerprint density at radius 2 is 1.89 bits per heavy atom. The monoisotopic (exact) mass is 250 g/mol. The van der Waals surface area contributed by atoms with Gasteiger partial charge in [-0.1, -0.05) is 44.9 Å². The van der Waals surface area contributed by atoms with E-state index in [9.17, 15) is 4.79 Å². The van der Waals surface area contributed by atoms with Crippen LogP contribution in [0.2, 0.25) is 0 Å². The fourth-order valence-electron chi connectivity index (χ4n) is 1.53. The van der Waals surface area contributed by atoms with Gasteiger partial charge in [-0.05, 0) is 18.6 Å². The number of hydrogen-bond acceptors (Lipinski definition) is 3. The molecular weight excluding hydrogens is 228 g/mol. The van der Waals surface area contributed by atoms with Crippen molar-refractivity contribution in [3.05, 3.63) is 35.9 Å². The van der Waals surface area contributed by atoms with Crippen molar-refractivity contribution >= 4 is 5.97 Å². The Labute approximate surface area is 109 Å². The Hall–Kier alpha value is -1.35. The van der Waals surface area contributed by atoms with E-state index in [-0.39, 0.29) is 5.97 Å². The second-order valence-electron chi connectivity index (χ2n) is 4.21. The molecule has 1 aromatic carbocycles. The molecule has 0 aromatic heterocycles. The number of carbonyl (C=O) groups excluding carboxylic acids is 1. The molecule has 18 heavy (non-hydrogen) atoms. The Balaban J connectivity index is 2.47. The summed E-state index contributed by atoms with van der Waals surface area (Å²) >= 11 is 0. The van der Waals surface area contributed by atoms with Gasteiger partial charge in [-0.2, -0.15) is 0 Å². The highest BCUT2D eigenvalue weighted by atomic mass is 16.7.